The van der Waals surface area contributed by atoms with Crippen molar-refractivity contribution in [2.75, 3.05) is 12.3 Å². The summed E-state index contributed by atoms with van der Waals surface area (Å²) in [6.45, 7) is 3.42. The number of nitrogens with two attached hydrogens (primary N) is 1. The van der Waals surface area contributed by atoms with Crippen LogP contribution >= 0.6 is 0 Å². The van der Waals surface area contributed by atoms with Crippen LogP contribution in [0.1, 0.15) is 39.0 Å². The molecule has 0 saturated heterocycles. The molecule has 0 spiro atoms. The quantitative estimate of drug-likeness (QED) is 0.888. The zero-order valence-electron chi connectivity index (χ0n) is 11.7. The van der Waals surface area contributed by atoms with E-state index in [4.69, 9.17) is 10.5 Å². The van der Waals surface area contributed by atoms with Gasteiger partial charge in [-0.25, -0.2) is 0 Å². The highest BCUT2D eigenvalue weighted by atomic mass is 16.5. The fourth-order valence-electron chi connectivity index (χ4n) is 2.81. The van der Waals surface area contributed by atoms with Gasteiger partial charge in [-0.3, -0.25) is 4.79 Å². The summed E-state index contributed by atoms with van der Waals surface area (Å²) in [5.74, 6) is 0.814. The lowest BCUT2D eigenvalue weighted by atomic mass is 9.85. The van der Waals surface area contributed by atoms with Crippen LogP contribution in [0.2, 0.25) is 0 Å². The monoisotopic (exact) mass is 264 g/mol. The molecule has 0 amide bonds. The number of nitrogens with zero attached hydrogens (tertiary/aromatic N) is 1. The van der Waals surface area contributed by atoms with Gasteiger partial charge in [-0.1, -0.05) is 26.2 Å². The Labute approximate surface area is 114 Å². The number of nitrogen functional groups attached to an aromatic ring is 1. The second kappa shape index (κ2) is 6.75. The van der Waals surface area contributed by atoms with Gasteiger partial charge < -0.3 is 15.0 Å². The van der Waals surface area contributed by atoms with Crippen molar-refractivity contribution >= 4 is 5.69 Å². The van der Waals surface area contributed by atoms with Crippen molar-refractivity contribution in [2.45, 2.75) is 51.7 Å². The van der Waals surface area contributed by atoms with Crippen molar-refractivity contribution in [3.8, 4) is 0 Å². The van der Waals surface area contributed by atoms with Crippen LogP contribution in [0.5, 0.6) is 0 Å². The average molecular weight is 264 g/mol. The maximum absolute atomic E-state index is 11.6. The first-order valence-corrected chi connectivity index (χ1v) is 7.26. The summed E-state index contributed by atoms with van der Waals surface area (Å²) in [5, 5.41) is 0. The van der Waals surface area contributed by atoms with Gasteiger partial charge >= 0.3 is 0 Å². The summed E-state index contributed by atoms with van der Waals surface area (Å²) >= 11 is 0. The third-order valence-corrected chi connectivity index (χ3v) is 4.00. The molecule has 2 unspecified atom stereocenters. The van der Waals surface area contributed by atoms with Gasteiger partial charge in [0.25, 0.3) is 5.56 Å². The predicted octanol–water partition coefficient (Wildman–Crippen LogP) is 2.42. The largest absolute Gasteiger partial charge is 0.398 e. The molecule has 0 aliphatic heterocycles. The fraction of sp³-hybridized carbons (Fsp3) is 0.667. The summed E-state index contributed by atoms with van der Waals surface area (Å²) in [6, 6.07) is 3.13. The molecular formula is C15H24N2O2. The van der Waals surface area contributed by atoms with Gasteiger partial charge in [0.2, 0.25) is 0 Å². The second-order valence-corrected chi connectivity index (χ2v) is 5.43. The molecule has 4 heteroatoms. The molecule has 106 valence electrons. The van der Waals surface area contributed by atoms with Crippen molar-refractivity contribution in [3.63, 3.8) is 0 Å². The highest BCUT2D eigenvalue weighted by Gasteiger charge is 2.20. The van der Waals surface area contributed by atoms with Crippen LogP contribution < -0.4 is 11.3 Å². The van der Waals surface area contributed by atoms with Crippen molar-refractivity contribution in [1.29, 1.82) is 0 Å². The number of aromatic nitrogens is 1. The molecule has 2 rings (SSSR count). The minimum Gasteiger partial charge on any atom is -0.398 e. The molecule has 0 radical (unpaired) electrons. The molecule has 1 aliphatic carbocycles. The Morgan fingerprint density at radius 3 is 3.05 bits per heavy atom. The Balaban J connectivity index is 1.80. The van der Waals surface area contributed by atoms with Gasteiger partial charge in [-0.15, -0.1) is 0 Å². The van der Waals surface area contributed by atoms with Crippen molar-refractivity contribution < 1.29 is 4.74 Å². The molecule has 0 bridgehead atoms. The Morgan fingerprint density at radius 1 is 1.42 bits per heavy atom. The molecule has 1 aromatic rings. The number of rotatable bonds is 5. The lowest BCUT2D eigenvalue weighted by Gasteiger charge is -2.28. The van der Waals surface area contributed by atoms with E-state index in [1.165, 1.54) is 31.7 Å². The Bertz CT molecular complexity index is 456. The molecule has 1 aliphatic rings. The zero-order valence-corrected chi connectivity index (χ0v) is 11.7. The van der Waals surface area contributed by atoms with Gasteiger partial charge in [-0.05, 0) is 24.8 Å². The minimum absolute atomic E-state index is 0.0205. The van der Waals surface area contributed by atoms with Crippen molar-refractivity contribution in [3.05, 3.63) is 28.7 Å². The van der Waals surface area contributed by atoms with E-state index in [2.05, 4.69) is 6.92 Å². The molecule has 0 aromatic carbocycles. The standard InChI is InChI=1S/C15H24N2O2/c1-2-12-4-3-5-14(10-12)19-9-8-17-11-13(16)6-7-15(17)18/h6-7,11-12,14H,2-5,8-10,16H2,1H3. The van der Waals surface area contributed by atoms with Crippen molar-refractivity contribution in [2.24, 2.45) is 5.92 Å². The van der Waals surface area contributed by atoms with Gasteiger partial charge in [0, 0.05) is 24.5 Å². The summed E-state index contributed by atoms with van der Waals surface area (Å²) < 4.78 is 7.53. The van der Waals surface area contributed by atoms with Crippen LogP contribution in [0.25, 0.3) is 0 Å². The van der Waals surface area contributed by atoms with Gasteiger partial charge in [0.05, 0.1) is 12.7 Å². The summed E-state index contributed by atoms with van der Waals surface area (Å²) in [6.07, 6.45) is 8.23. The number of pyridine rings is 1. The van der Waals surface area contributed by atoms with E-state index in [0.29, 0.717) is 24.9 Å². The maximum atomic E-state index is 11.6. The van der Waals surface area contributed by atoms with E-state index in [9.17, 15) is 4.79 Å². The molecule has 2 atom stereocenters. The lowest BCUT2D eigenvalue weighted by molar-refractivity contribution is 0.00844. The highest BCUT2D eigenvalue weighted by Crippen LogP contribution is 2.28. The van der Waals surface area contributed by atoms with Gasteiger partial charge in [0.15, 0.2) is 0 Å². The molecule has 1 heterocycles. The first kappa shape index (κ1) is 14.1. The third kappa shape index (κ3) is 4.10. The number of ether oxygens (including phenoxy) is 1. The van der Waals surface area contributed by atoms with Crippen LogP contribution in [0.15, 0.2) is 23.1 Å². The summed E-state index contributed by atoms with van der Waals surface area (Å²) in [4.78, 5) is 11.6. The Morgan fingerprint density at radius 2 is 2.26 bits per heavy atom. The highest BCUT2D eigenvalue weighted by molar-refractivity contribution is 5.33. The van der Waals surface area contributed by atoms with Crippen molar-refractivity contribution in [1.82, 2.24) is 4.57 Å². The molecule has 1 saturated carbocycles. The Kier molecular flexibility index (Phi) is 5.02. The summed E-state index contributed by atoms with van der Waals surface area (Å²) in [7, 11) is 0. The Hall–Kier alpha value is -1.29. The molecule has 4 nitrogen and oxygen atoms in total. The first-order chi connectivity index (χ1) is 9.19. The molecule has 19 heavy (non-hydrogen) atoms. The van der Waals surface area contributed by atoms with Crippen LogP contribution in [-0.4, -0.2) is 17.3 Å². The number of hydrogen-bond acceptors (Lipinski definition) is 3. The SMILES string of the molecule is CCC1CCCC(OCCn2cc(N)ccc2=O)C1. The fourth-order valence-corrected chi connectivity index (χ4v) is 2.81. The number of anilines is 1. The lowest BCUT2D eigenvalue weighted by Crippen LogP contribution is -2.26. The van der Waals surface area contributed by atoms with E-state index < -0.39 is 0 Å². The van der Waals surface area contributed by atoms with E-state index in [1.807, 2.05) is 0 Å². The van der Waals surface area contributed by atoms with Gasteiger partial charge in [-0.2, -0.15) is 0 Å². The molecule has 2 N–H and O–H groups in total. The average Bonchev–Trinajstić information content (AvgIpc) is 2.43. The molecular weight excluding hydrogens is 240 g/mol. The molecule has 1 aromatic heterocycles. The number of hydrogen-bond donors (Lipinski definition) is 1. The summed E-state index contributed by atoms with van der Waals surface area (Å²) in [5.41, 5.74) is 6.27. The van der Waals surface area contributed by atoms with Crippen LogP contribution in [-0.2, 0) is 11.3 Å². The topological polar surface area (TPSA) is 57.2 Å². The first-order valence-electron chi connectivity index (χ1n) is 7.26. The van der Waals surface area contributed by atoms with E-state index in [1.54, 1.807) is 16.8 Å². The predicted molar refractivity (Wildman–Crippen MR) is 77.1 cm³/mol. The van der Waals surface area contributed by atoms with Crippen LogP contribution in [0.4, 0.5) is 5.69 Å². The zero-order chi connectivity index (χ0) is 13.7. The minimum atomic E-state index is -0.0205. The van der Waals surface area contributed by atoms with Crippen LogP contribution in [0.3, 0.4) is 0 Å². The maximum Gasteiger partial charge on any atom is 0.250 e. The van der Waals surface area contributed by atoms with E-state index in [0.717, 1.165) is 12.3 Å². The van der Waals surface area contributed by atoms with E-state index >= 15 is 0 Å². The van der Waals surface area contributed by atoms with Gasteiger partial charge in [0.1, 0.15) is 0 Å². The normalized spacial score (nSPS) is 23.4. The molecule has 1 fully saturated rings. The third-order valence-electron chi connectivity index (χ3n) is 4.00. The second-order valence-electron chi connectivity index (χ2n) is 5.43. The smallest absolute Gasteiger partial charge is 0.250 e. The van der Waals surface area contributed by atoms with Crippen LogP contribution in [0, 0.1) is 5.92 Å². The van der Waals surface area contributed by atoms with E-state index in [-0.39, 0.29) is 5.56 Å².